The van der Waals surface area contributed by atoms with Crippen LogP contribution in [0.5, 0.6) is 5.75 Å². The van der Waals surface area contributed by atoms with Crippen molar-refractivity contribution >= 4 is 11.7 Å². The Labute approximate surface area is 133 Å². The molecular formula is C17H28N2O3. The monoisotopic (exact) mass is 308 g/mol. The van der Waals surface area contributed by atoms with Gasteiger partial charge in [0, 0.05) is 18.8 Å². The molecule has 0 fully saturated rings. The van der Waals surface area contributed by atoms with Crippen molar-refractivity contribution in [2.75, 3.05) is 25.0 Å². The van der Waals surface area contributed by atoms with Gasteiger partial charge in [-0.3, -0.25) is 0 Å². The highest BCUT2D eigenvalue weighted by Crippen LogP contribution is 2.20. The van der Waals surface area contributed by atoms with Crippen LogP contribution in [0.15, 0.2) is 24.3 Å². The van der Waals surface area contributed by atoms with Crippen molar-refractivity contribution in [3.05, 3.63) is 24.3 Å². The Kier molecular flexibility index (Phi) is 7.18. The van der Waals surface area contributed by atoms with Crippen LogP contribution >= 0.6 is 0 Å². The number of aliphatic hydroxyl groups excluding tert-OH is 1. The smallest absolute Gasteiger partial charge is 0.321 e. The van der Waals surface area contributed by atoms with Crippen molar-refractivity contribution in [3.8, 4) is 5.75 Å². The molecule has 0 aliphatic heterocycles. The van der Waals surface area contributed by atoms with E-state index < -0.39 is 0 Å². The number of anilines is 1. The van der Waals surface area contributed by atoms with E-state index in [1.54, 1.807) is 4.90 Å². The number of urea groups is 1. The fraction of sp³-hybridized carbons (Fsp3) is 0.588. The standard InChI is InChI=1S/C17H28N2O3/c1-5-6-11-19(12-13-20)16(21)18-14-7-9-15(10-8-14)22-17(2,3)4/h7-10,20H,5-6,11-13H2,1-4H3,(H,18,21). The molecule has 0 saturated carbocycles. The number of unbranched alkanes of at least 4 members (excludes halogenated alkanes) is 1. The van der Waals surface area contributed by atoms with E-state index in [9.17, 15) is 4.79 Å². The number of carbonyl (C=O) groups excluding carboxylic acids is 1. The van der Waals surface area contributed by atoms with Gasteiger partial charge in [0.25, 0.3) is 0 Å². The van der Waals surface area contributed by atoms with Gasteiger partial charge in [0.15, 0.2) is 0 Å². The lowest BCUT2D eigenvalue weighted by atomic mass is 10.2. The summed E-state index contributed by atoms with van der Waals surface area (Å²) < 4.78 is 5.74. The van der Waals surface area contributed by atoms with Crippen LogP contribution in [0.3, 0.4) is 0 Å². The summed E-state index contributed by atoms with van der Waals surface area (Å²) >= 11 is 0. The summed E-state index contributed by atoms with van der Waals surface area (Å²) in [5.41, 5.74) is 0.466. The van der Waals surface area contributed by atoms with E-state index in [1.807, 2.05) is 45.0 Å². The first-order valence-electron chi connectivity index (χ1n) is 7.81. The Morgan fingerprint density at radius 3 is 2.36 bits per heavy atom. The van der Waals surface area contributed by atoms with Gasteiger partial charge in [0.2, 0.25) is 0 Å². The maximum atomic E-state index is 12.2. The zero-order valence-electron chi connectivity index (χ0n) is 14.1. The fourth-order valence-electron chi connectivity index (χ4n) is 1.95. The molecule has 5 nitrogen and oxygen atoms in total. The molecule has 0 unspecified atom stereocenters. The number of benzene rings is 1. The lowest BCUT2D eigenvalue weighted by Crippen LogP contribution is -2.37. The van der Waals surface area contributed by atoms with Gasteiger partial charge in [-0.15, -0.1) is 0 Å². The van der Waals surface area contributed by atoms with Gasteiger partial charge < -0.3 is 20.1 Å². The molecule has 0 aliphatic rings. The van der Waals surface area contributed by atoms with Crippen LogP contribution in [0.25, 0.3) is 0 Å². The molecule has 0 bridgehead atoms. The van der Waals surface area contributed by atoms with E-state index in [-0.39, 0.29) is 18.2 Å². The minimum absolute atomic E-state index is 0.0322. The molecule has 5 heteroatoms. The first-order chi connectivity index (χ1) is 10.4. The quantitative estimate of drug-likeness (QED) is 0.810. The van der Waals surface area contributed by atoms with E-state index in [4.69, 9.17) is 9.84 Å². The van der Waals surface area contributed by atoms with Crippen LogP contribution in [-0.4, -0.2) is 41.3 Å². The van der Waals surface area contributed by atoms with Gasteiger partial charge in [-0.1, -0.05) is 13.3 Å². The molecule has 0 atom stereocenters. The molecule has 0 heterocycles. The first-order valence-corrected chi connectivity index (χ1v) is 7.81. The van der Waals surface area contributed by atoms with Crippen LogP contribution in [0.4, 0.5) is 10.5 Å². The zero-order valence-corrected chi connectivity index (χ0v) is 14.1. The molecule has 0 saturated heterocycles. The number of nitrogens with one attached hydrogen (secondary N) is 1. The predicted molar refractivity (Wildman–Crippen MR) is 89.4 cm³/mol. The van der Waals surface area contributed by atoms with Crippen LogP contribution in [-0.2, 0) is 0 Å². The number of ether oxygens (including phenoxy) is 1. The van der Waals surface area contributed by atoms with Crippen LogP contribution < -0.4 is 10.1 Å². The number of aliphatic hydroxyl groups is 1. The summed E-state index contributed by atoms with van der Waals surface area (Å²) in [7, 11) is 0. The fourth-order valence-corrected chi connectivity index (χ4v) is 1.95. The number of rotatable bonds is 7. The second kappa shape index (κ2) is 8.63. The third-order valence-electron chi connectivity index (χ3n) is 2.97. The van der Waals surface area contributed by atoms with Gasteiger partial charge in [-0.2, -0.15) is 0 Å². The van der Waals surface area contributed by atoms with Crippen molar-refractivity contribution in [1.29, 1.82) is 0 Å². The van der Waals surface area contributed by atoms with Gasteiger partial charge in [-0.05, 0) is 51.5 Å². The number of hydrogen-bond donors (Lipinski definition) is 2. The second-order valence-corrected chi connectivity index (χ2v) is 6.23. The second-order valence-electron chi connectivity index (χ2n) is 6.23. The lowest BCUT2D eigenvalue weighted by molar-refractivity contribution is 0.131. The van der Waals surface area contributed by atoms with Crippen LogP contribution in [0.1, 0.15) is 40.5 Å². The minimum atomic E-state index is -0.247. The van der Waals surface area contributed by atoms with Crippen molar-refractivity contribution in [1.82, 2.24) is 4.90 Å². The Bertz CT molecular complexity index is 452. The van der Waals surface area contributed by atoms with Gasteiger partial charge in [-0.25, -0.2) is 4.79 Å². The van der Waals surface area contributed by atoms with E-state index in [0.29, 0.717) is 18.8 Å². The average molecular weight is 308 g/mol. The number of carbonyl (C=O) groups is 1. The number of nitrogens with zero attached hydrogens (tertiary/aromatic N) is 1. The summed E-state index contributed by atoms with van der Waals surface area (Å²) in [6.07, 6.45) is 1.93. The molecule has 1 aromatic carbocycles. The summed E-state index contributed by atoms with van der Waals surface area (Å²) in [6, 6.07) is 7.12. The molecule has 2 amide bonds. The summed E-state index contributed by atoms with van der Waals surface area (Å²) in [6.45, 7) is 9.00. The van der Waals surface area contributed by atoms with E-state index in [1.165, 1.54) is 0 Å². The molecule has 2 N–H and O–H groups in total. The topological polar surface area (TPSA) is 61.8 Å². The van der Waals surface area contributed by atoms with Crippen molar-refractivity contribution in [2.45, 2.75) is 46.1 Å². The maximum absolute atomic E-state index is 12.2. The van der Waals surface area contributed by atoms with Gasteiger partial charge >= 0.3 is 6.03 Å². The molecule has 1 rings (SSSR count). The molecular weight excluding hydrogens is 280 g/mol. The van der Waals surface area contributed by atoms with E-state index in [0.717, 1.165) is 18.6 Å². The average Bonchev–Trinajstić information content (AvgIpc) is 2.44. The maximum Gasteiger partial charge on any atom is 0.321 e. The Morgan fingerprint density at radius 2 is 1.86 bits per heavy atom. The molecule has 1 aromatic rings. The summed E-state index contributed by atoms with van der Waals surface area (Å²) in [5, 5.41) is 11.9. The van der Waals surface area contributed by atoms with E-state index in [2.05, 4.69) is 12.2 Å². The third kappa shape index (κ3) is 6.80. The minimum Gasteiger partial charge on any atom is -0.488 e. The molecule has 0 radical (unpaired) electrons. The Balaban J connectivity index is 2.62. The molecule has 124 valence electrons. The highest BCUT2D eigenvalue weighted by Gasteiger charge is 2.14. The van der Waals surface area contributed by atoms with Crippen LogP contribution in [0, 0.1) is 0 Å². The molecule has 0 aromatic heterocycles. The Hall–Kier alpha value is -1.75. The first kappa shape index (κ1) is 18.3. The normalized spacial score (nSPS) is 11.1. The SMILES string of the molecule is CCCCN(CCO)C(=O)Nc1ccc(OC(C)(C)C)cc1. The largest absolute Gasteiger partial charge is 0.488 e. The summed E-state index contributed by atoms with van der Waals surface area (Å²) in [4.78, 5) is 13.8. The molecule has 0 spiro atoms. The van der Waals surface area contributed by atoms with Gasteiger partial charge in [0.1, 0.15) is 11.4 Å². The van der Waals surface area contributed by atoms with Crippen molar-refractivity contribution in [2.24, 2.45) is 0 Å². The lowest BCUT2D eigenvalue weighted by Gasteiger charge is -2.23. The Morgan fingerprint density at radius 1 is 1.23 bits per heavy atom. The van der Waals surface area contributed by atoms with Gasteiger partial charge in [0.05, 0.1) is 6.61 Å². The molecule has 22 heavy (non-hydrogen) atoms. The third-order valence-corrected chi connectivity index (χ3v) is 2.97. The predicted octanol–water partition coefficient (Wildman–Crippen LogP) is 3.49. The highest BCUT2D eigenvalue weighted by atomic mass is 16.5. The number of hydrogen-bond acceptors (Lipinski definition) is 3. The van der Waals surface area contributed by atoms with Crippen molar-refractivity contribution < 1.29 is 14.6 Å². The number of amides is 2. The zero-order chi connectivity index (χ0) is 16.6. The van der Waals surface area contributed by atoms with Crippen LogP contribution in [0.2, 0.25) is 0 Å². The highest BCUT2D eigenvalue weighted by molar-refractivity contribution is 5.89. The summed E-state index contributed by atoms with van der Waals surface area (Å²) in [5.74, 6) is 0.767. The van der Waals surface area contributed by atoms with Crippen molar-refractivity contribution in [3.63, 3.8) is 0 Å². The van der Waals surface area contributed by atoms with E-state index >= 15 is 0 Å². The molecule has 0 aliphatic carbocycles.